The maximum Gasteiger partial charge on any atom is 0.119 e. The molecule has 0 saturated carbocycles. The summed E-state index contributed by atoms with van der Waals surface area (Å²) in [6.07, 6.45) is 0. The average Bonchev–Trinajstić information content (AvgIpc) is 2.80. The Hall–Kier alpha value is -3.43. The van der Waals surface area contributed by atoms with Gasteiger partial charge in [-0.3, -0.25) is 0 Å². The van der Waals surface area contributed by atoms with Gasteiger partial charge in [0.15, 0.2) is 0 Å². The van der Waals surface area contributed by atoms with Crippen LogP contribution in [0.3, 0.4) is 0 Å². The van der Waals surface area contributed by atoms with Crippen molar-refractivity contribution in [2.75, 3.05) is 0 Å². The summed E-state index contributed by atoms with van der Waals surface area (Å²) in [5.41, 5.74) is 2.99. The van der Waals surface area contributed by atoms with Crippen LogP contribution in [-0.4, -0.2) is 10.2 Å². The summed E-state index contributed by atoms with van der Waals surface area (Å²) < 4.78 is 0. The highest BCUT2D eigenvalue weighted by molar-refractivity contribution is 7.99. The van der Waals surface area contributed by atoms with Crippen molar-refractivity contribution < 1.29 is 10.2 Å². The van der Waals surface area contributed by atoms with Crippen molar-refractivity contribution in [3.8, 4) is 11.5 Å². The second-order valence-electron chi connectivity index (χ2n) is 8.23. The summed E-state index contributed by atoms with van der Waals surface area (Å²) in [4.78, 5) is 2.11. The Kier molecular flexibility index (Phi) is 5.28. The van der Waals surface area contributed by atoms with Gasteiger partial charge in [-0.15, -0.1) is 0 Å². The molecule has 1 atom stereocenters. The Labute approximate surface area is 192 Å². The highest BCUT2D eigenvalue weighted by atomic mass is 32.2. The molecule has 3 heteroatoms. The normalized spacial score (nSPS) is 12.3. The quantitative estimate of drug-likeness (QED) is 0.280. The smallest absolute Gasteiger partial charge is 0.119 e. The fourth-order valence-corrected chi connectivity index (χ4v) is 5.41. The number of aromatic hydroxyl groups is 2. The zero-order valence-corrected chi connectivity index (χ0v) is 18.9. The van der Waals surface area contributed by atoms with Crippen LogP contribution < -0.4 is 0 Å². The van der Waals surface area contributed by atoms with Crippen LogP contribution in [0.1, 0.15) is 29.5 Å². The summed E-state index contributed by atoms with van der Waals surface area (Å²) >= 11 is 1.63. The van der Waals surface area contributed by atoms with E-state index in [2.05, 4.69) is 67.6 Å². The molecule has 158 valence electrons. The zero-order chi connectivity index (χ0) is 22.2. The molecular formula is C29H24O2S. The first-order chi connectivity index (χ1) is 15.5. The molecule has 2 nitrogen and oxygen atoms in total. The molecule has 1 unspecified atom stereocenters. The lowest BCUT2D eigenvalue weighted by Gasteiger charge is -2.20. The van der Waals surface area contributed by atoms with Crippen molar-refractivity contribution in [2.45, 2.75) is 29.6 Å². The van der Waals surface area contributed by atoms with Crippen LogP contribution in [0.15, 0.2) is 101 Å². The molecule has 32 heavy (non-hydrogen) atoms. The summed E-state index contributed by atoms with van der Waals surface area (Å²) in [7, 11) is 0. The Morgan fingerprint density at radius 1 is 0.656 bits per heavy atom. The van der Waals surface area contributed by atoms with Gasteiger partial charge in [-0.25, -0.2) is 0 Å². The largest absolute Gasteiger partial charge is 0.508 e. The number of hydrogen-bond acceptors (Lipinski definition) is 3. The van der Waals surface area contributed by atoms with E-state index >= 15 is 0 Å². The van der Waals surface area contributed by atoms with E-state index in [-0.39, 0.29) is 5.92 Å². The van der Waals surface area contributed by atoms with E-state index in [1.165, 1.54) is 27.1 Å². The van der Waals surface area contributed by atoms with Gasteiger partial charge < -0.3 is 10.2 Å². The highest BCUT2D eigenvalue weighted by Gasteiger charge is 2.19. The fourth-order valence-electron chi connectivity index (χ4n) is 4.44. The first-order valence-electron chi connectivity index (χ1n) is 10.7. The number of aryl methyl sites for hydroxylation is 1. The molecule has 0 aliphatic carbocycles. The predicted molar refractivity (Wildman–Crippen MR) is 134 cm³/mol. The standard InChI is InChI=1S/C29H24O2S/c1-18-15-22(11-13-27(18)30)32-23-12-14-28(31)26(17-23)19(2)29-24-9-5-3-7-20(24)16-21-8-4-6-10-25(21)29/h3-17,19,30-31H,1-2H3. The molecule has 0 spiro atoms. The first-order valence-corrected chi connectivity index (χ1v) is 11.5. The van der Waals surface area contributed by atoms with Crippen LogP contribution in [0, 0.1) is 6.92 Å². The lowest BCUT2D eigenvalue weighted by molar-refractivity contribution is 0.465. The summed E-state index contributed by atoms with van der Waals surface area (Å²) in [6, 6.07) is 30.6. The maximum absolute atomic E-state index is 10.8. The van der Waals surface area contributed by atoms with Crippen LogP contribution in [0.2, 0.25) is 0 Å². The molecular weight excluding hydrogens is 412 g/mol. The van der Waals surface area contributed by atoms with Gasteiger partial charge in [-0.1, -0.05) is 67.2 Å². The Morgan fingerprint density at radius 2 is 1.22 bits per heavy atom. The van der Waals surface area contributed by atoms with Crippen molar-refractivity contribution in [3.63, 3.8) is 0 Å². The molecule has 0 aromatic heterocycles. The molecule has 0 saturated heterocycles. The lowest BCUT2D eigenvalue weighted by Crippen LogP contribution is -2.00. The number of hydrogen-bond donors (Lipinski definition) is 2. The number of phenols is 2. The molecule has 0 radical (unpaired) electrons. The molecule has 5 rings (SSSR count). The fraction of sp³-hybridized carbons (Fsp3) is 0.103. The number of fused-ring (bicyclic) bond motifs is 2. The third kappa shape index (κ3) is 3.69. The van der Waals surface area contributed by atoms with Crippen molar-refractivity contribution in [2.24, 2.45) is 0 Å². The molecule has 0 aliphatic heterocycles. The molecule has 0 bridgehead atoms. The minimum absolute atomic E-state index is 0.00750. The van der Waals surface area contributed by atoms with E-state index in [1.54, 1.807) is 23.9 Å². The van der Waals surface area contributed by atoms with E-state index in [4.69, 9.17) is 0 Å². The third-order valence-corrected chi connectivity index (χ3v) is 7.09. The third-order valence-electron chi connectivity index (χ3n) is 6.12. The second-order valence-corrected chi connectivity index (χ2v) is 9.37. The van der Waals surface area contributed by atoms with E-state index in [0.29, 0.717) is 11.5 Å². The minimum atomic E-state index is 0.00750. The second kappa shape index (κ2) is 8.25. The van der Waals surface area contributed by atoms with Crippen LogP contribution in [-0.2, 0) is 0 Å². The van der Waals surface area contributed by atoms with Gasteiger partial charge >= 0.3 is 0 Å². The van der Waals surface area contributed by atoms with Gasteiger partial charge in [0, 0.05) is 21.3 Å². The van der Waals surface area contributed by atoms with Gasteiger partial charge in [-0.2, -0.15) is 0 Å². The van der Waals surface area contributed by atoms with Gasteiger partial charge in [0.05, 0.1) is 0 Å². The molecule has 5 aromatic rings. The van der Waals surface area contributed by atoms with Crippen molar-refractivity contribution in [1.29, 1.82) is 0 Å². The first kappa shape index (κ1) is 20.5. The molecule has 0 amide bonds. The van der Waals surface area contributed by atoms with E-state index in [9.17, 15) is 10.2 Å². The topological polar surface area (TPSA) is 40.5 Å². The lowest BCUT2D eigenvalue weighted by atomic mass is 9.85. The van der Waals surface area contributed by atoms with Gasteiger partial charge in [0.25, 0.3) is 0 Å². The molecule has 0 heterocycles. The van der Waals surface area contributed by atoms with Crippen LogP contribution in [0.25, 0.3) is 21.5 Å². The number of benzene rings is 5. The van der Waals surface area contributed by atoms with E-state index < -0.39 is 0 Å². The number of phenolic OH excluding ortho intramolecular Hbond substituents is 2. The maximum atomic E-state index is 10.8. The van der Waals surface area contributed by atoms with Gasteiger partial charge in [0.2, 0.25) is 0 Å². The molecule has 0 fully saturated rings. The number of rotatable bonds is 4. The summed E-state index contributed by atoms with van der Waals surface area (Å²) in [5, 5.41) is 25.5. The van der Waals surface area contributed by atoms with Crippen molar-refractivity contribution in [1.82, 2.24) is 0 Å². The monoisotopic (exact) mass is 436 g/mol. The summed E-state index contributed by atoms with van der Waals surface area (Å²) in [5.74, 6) is 0.617. The molecule has 5 aromatic carbocycles. The Balaban J connectivity index is 1.63. The van der Waals surface area contributed by atoms with Crippen molar-refractivity contribution >= 4 is 33.3 Å². The zero-order valence-electron chi connectivity index (χ0n) is 18.0. The van der Waals surface area contributed by atoms with Crippen molar-refractivity contribution in [3.05, 3.63) is 108 Å². The SMILES string of the molecule is Cc1cc(Sc2ccc(O)c(C(C)c3c4ccccc4cc4ccccc34)c2)ccc1O. The van der Waals surface area contributed by atoms with Crippen LogP contribution in [0.5, 0.6) is 11.5 Å². The predicted octanol–water partition coefficient (Wildman–Crippen LogP) is 8.02. The average molecular weight is 437 g/mol. The minimum Gasteiger partial charge on any atom is -0.508 e. The molecule has 2 N–H and O–H groups in total. The van der Waals surface area contributed by atoms with Gasteiger partial charge in [0.1, 0.15) is 11.5 Å². The Morgan fingerprint density at radius 3 is 1.84 bits per heavy atom. The Bertz CT molecular complexity index is 1400. The van der Waals surface area contributed by atoms with Crippen LogP contribution >= 0.6 is 11.8 Å². The van der Waals surface area contributed by atoms with Gasteiger partial charge in [-0.05, 0) is 82.1 Å². The van der Waals surface area contributed by atoms with E-state index in [0.717, 1.165) is 20.9 Å². The highest BCUT2D eigenvalue weighted by Crippen LogP contribution is 2.41. The summed E-state index contributed by atoms with van der Waals surface area (Å²) in [6.45, 7) is 4.07. The van der Waals surface area contributed by atoms with E-state index in [1.807, 2.05) is 25.1 Å². The molecule has 0 aliphatic rings. The van der Waals surface area contributed by atoms with Crippen LogP contribution in [0.4, 0.5) is 0 Å².